The minimum Gasteiger partial charge on any atom is -0.389 e. The van der Waals surface area contributed by atoms with Crippen molar-refractivity contribution in [1.82, 2.24) is 4.98 Å². The number of hydrogen-bond acceptors (Lipinski definition) is 2. The molecule has 1 aromatic heterocycles. The van der Waals surface area contributed by atoms with Crippen LogP contribution in [0.4, 0.5) is 0 Å². The highest BCUT2D eigenvalue weighted by molar-refractivity contribution is 5.31. The summed E-state index contributed by atoms with van der Waals surface area (Å²) in [6, 6.07) is 4.18. The van der Waals surface area contributed by atoms with Crippen molar-refractivity contribution in [2.45, 2.75) is 63.4 Å². The SMILES string of the molecule is CC(O)(C1CCCCC1)C1CCc2cccnc21. The molecule has 2 aliphatic rings. The number of hydrogen-bond donors (Lipinski definition) is 1. The minimum absolute atomic E-state index is 0.247. The molecule has 0 spiro atoms. The van der Waals surface area contributed by atoms with Crippen molar-refractivity contribution in [2.75, 3.05) is 0 Å². The van der Waals surface area contributed by atoms with E-state index in [0.717, 1.165) is 18.5 Å². The van der Waals surface area contributed by atoms with E-state index in [9.17, 15) is 5.11 Å². The number of fused-ring (bicyclic) bond motifs is 1. The summed E-state index contributed by atoms with van der Waals surface area (Å²) >= 11 is 0. The van der Waals surface area contributed by atoms with E-state index in [1.807, 2.05) is 12.3 Å². The molecule has 0 saturated heterocycles. The van der Waals surface area contributed by atoms with E-state index in [0.29, 0.717) is 5.92 Å². The first-order valence-electron chi connectivity index (χ1n) is 7.36. The Morgan fingerprint density at radius 3 is 2.78 bits per heavy atom. The van der Waals surface area contributed by atoms with Crippen LogP contribution in [0.2, 0.25) is 0 Å². The first-order chi connectivity index (χ1) is 8.69. The molecular formula is C16H23NO. The van der Waals surface area contributed by atoms with Gasteiger partial charge >= 0.3 is 0 Å². The Kier molecular flexibility index (Phi) is 3.14. The van der Waals surface area contributed by atoms with Crippen LogP contribution < -0.4 is 0 Å². The van der Waals surface area contributed by atoms with Crippen LogP contribution in [-0.4, -0.2) is 15.7 Å². The van der Waals surface area contributed by atoms with Gasteiger partial charge in [-0.1, -0.05) is 25.3 Å². The molecule has 0 amide bonds. The average molecular weight is 245 g/mol. The molecule has 0 bridgehead atoms. The predicted octanol–water partition coefficient (Wildman–Crippen LogP) is 3.44. The summed E-state index contributed by atoms with van der Waals surface area (Å²) in [5.74, 6) is 0.709. The standard InChI is InChI=1S/C16H23NO/c1-16(18,13-7-3-2-4-8-13)14-10-9-12-6-5-11-17-15(12)14/h5-6,11,13-14,18H,2-4,7-10H2,1H3. The fourth-order valence-electron chi connectivity index (χ4n) is 3.95. The molecule has 2 aliphatic carbocycles. The van der Waals surface area contributed by atoms with Gasteiger partial charge in [-0.3, -0.25) is 4.98 Å². The summed E-state index contributed by atoms with van der Waals surface area (Å²) in [6.45, 7) is 2.05. The number of pyridine rings is 1. The molecule has 2 atom stereocenters. The van der Waals surface area contributed by atoms with Gasteiger partial charge in [0.25, 0.3) is 0 Å². The first-order valence-corrected chi connectivity index (χ1v) is 7.36. The Bertz CT molecular complexity index is 421. The Morgan fingerprint density at radius 2 is 2.00 bits per heavy atom. The quantitative estimate of drug-likeness (QED) is 0.865. The molecule has 1 fully saturated rings. The van der Waals surface area contributed by atoms with Crippen molar-refractivity contribution < 1.29 is 5.11 Å². The van der Waals surface area contributed by atoms with Gasteiger partial charge in [-0.05, 0) is 50.2 Å². The highest BCUT2D eigenvalue weighted by atomic mass is 16.3. The number of nitrogens with zero attached hydrogens (tertiary/aromatic N) is 1. The molecule has 3 rings (SSSR count). The van der Waals surface area contributed by atoms with Crippen LogP contribution >= 0.6 is 0 Å². The van der Waals surface area contributed by atoms with Crippen molar-refractivity contribution in [1.29, 1.82) is 0 Å². The summed E-state index contributed by atoms with van der Waals surface area (Å²) < 4.78 is 0. The second-order valence-corrected chi connectivity index (χ2v) is 6.20. The van der Waals surface area contributed by atoms with Gasteiger partial charge in [-0.2, -0.15) is 0 Å². The zero-order valence-electron chi connectivity index (χ0n) is 11.2. The molecule has 0 radical (unpaired) electrons. The lowest BCUT2D eigenvalue weighted by atomic mass is 9.70. The average Bonchev–Trinajstić information content (AvgIpc) is 2.84. The zero-order chi connectivity index (χ0) is 12.6. The molecule has 0 aliphatic heterocycles. The third-order valence-corrected chi connectivity index (χ3v) is 5.10. The van der Waals surface area contributed by atoms with Crippen LogP contribution in [-0.2, 0) is 6.42 Å². The smallest absolute Gasteiger partial charge is 0.0731 e. The van der Waals surface area contributed by atoms with Gasteiger partial charge in [-0.25, -0.2) is 0 Å². The van der Waals surface area contributed by atoms with Gasteiger partial charge in [0, 0.05) is 17.8 Å². The summed E-state index contributed by atoms with van der Waals surface area (Å²) in [5, 5.41) is 11.0. The molecule has 1 aromatic rings. The molecule has 98 valence electrons. The summed E-state index contributed by atoms with van der Waals surface area (Å²) in [7, 11) is 0. The molecular weight excluding hydrogens is 222 g/mol. The number of aliphatic hydroxyl groups is 1. The minimum atomic E-state index is -0.569. The Balaban J connectivity index is 1.86. The topological polar surface area (TPSA) is 33.1 Å². The van der Waals surface area contributed by atoms with Crippen LogP contribution in [0.5, 0.6) is 0 Å². The third-order valence-electron chi connectivity index (χ3n) is 5.10. The summed E-state index contributed by atoms with van der Waals surface area (Å²) in [4.78, 5) is 4.54. The lowest BCUT2D eigenvalue weighted by Gasteiger charge is -2.40. The lowest BCUT2D eigenvalue weighted by Crippen LogP contribution is -2.41. The van der Waals surface area contributed by atoms with E-state index < -0.39 is 5.60 Å². The van der Waals surface area contributed by atoms with E-state index in [-0.39, 0.29) is 5.92 Å². The van der Waals surface area contributed by atoms with Crippen molar-refractivity contribution in [2.24, 2.45) is 5.92 Å². The van der Waals surface area contributed by atoms with Gasteiger partial charge in [0.05, 0.1) is 5.60 Å². The second kappa shape index (κ2) is 4.65. The number of aryl methyl sites for hydroxylation is 1. The molecule has 0 aromatic carbocycles. The fourth-order valence-corrected chi connectivity index (χ4v) is 3.95. The second-order valence-electron chi connectivity index (χ2n) is 6.20. The van der Waals surface area contributed by atoms with E-state index in [4.69, 9.17) is 0 Å². The summed E-state index contributed by atoms with van der Waals surface area (Å²) in [6.07, 6.45) is 10.3. The highest BCUT2D eigenvalue weighted by Gasteiger charge is 2.43. The molecule has 2 nitrogen and oxygen atoms in total. The van der Waals surface area contributed by atoms with Gasteiger partial charge in [0.1, 0.15) is 0 Å². The Morgan fingerprint density at radius 1 is 1.22 bits per heavy atom. The van der Waals surface area contributed by atoms with Gasteiger partial charge in [0.2, 0.25) is 0 Å². The zero-order valence-corrected chi connectivity index (χ0v) is 11.2. The van der Waals surface area contributed by atoms with Gasteiger partial charge in [-0.15, -0.1) is 0 Å². The Hall–Kier alpha value is -0.890. The maximum Gasteiger partial charge on any atom is 0.0731 e. The van der Waals surface area contributed by atoms with Gasteiger partial charge in [0.15, 0.2) is 0 Å². The molecule has 1 heterocycles. The normalized spacial score (nSPS) is 27.8. The van der Waals surface area contributed by atoms with Crippen LogP contribution in [0.25, 0.3) is 0 Å². The maximum absolute atomic E-state index is 11.0. The van der Waals surface area contributed by atoms with E-state index in [1.165, 1.54) is 37.7 Å². The maximum atomic E-state index is 11.0. The highest BCUT2D eigenvalue weighted by Crippen LogP contribution is 2.46. The number of aromatic nitrogens is 1. The number of rotatable bonds is 2. The van der Waals surface area contributed by atoms with Crippen molar-refractivity contribution in [3.8, 4) is 0 Å². The van der Waals surface area contributed by atoms with Crippen molar-refractivity contribution >= 4 is 0 Å². The van der Waals surface area contributed by atoms with E-state index >= 15 is 0 Å². The molecule has 1 saturated carbocycles. The van der Waals surface area contributed by atoms with Crippen LogP contribution in [0, 0.1) is 5.92 Å². The van der Waals surface area contributed by atoms with Crippen LogP contribution in [0.1, 0.15) is 62.6 Å². The van der Waals surface area contributed by atoms with Crippen molar-refractivity contribution in [3.05, 3.63) is 29.6 Å². The molecule has 2 heteroatoms. The van der Waals surface area contributed by atoms with Crippen LogP contribution in [0.15, 0.2) is 18.3 Å². The third kappa shape index (κ3) is 1.97. The predicted molar refractivity (Wildman–Crippen MR) is 72.5 cm³/mol. The monoisotopic (exact) mass is 245 g/mol. The van der Waals surface area contributed by atoms with E-state index in [2.05, 4.69) is 18.0 Å². The van der Waals surface area contributed by atoms with Crippen LogP contribution in [0.3, 0.4) is 0 Å². The lowest BCUT2D eigenvalue weighted by molar-refractivity contribution is -0.0407. The van der Waals surface area contributed by atoms with Gasteiger partial charge < -0.3 is 5.11 Å². The molecule has 18 heavy (non-hydrogen) atoms. The molecule has 2 unspecified atom stereocenters. The summed E-state index contributed by atoms with van der Waals surface area (Å²) in [5.41, 5.74) is 1.94. The Labute approximate surface area is 109 Å². The first kappa shape index (κ1) is 12.2. The largest absolute Gasteiger partial charge is 0.389 e. The molecule has 1 N–H and O–H groups in total. The fraction of sp³-hybridized carbons (Fsp3) is 0.688. The van der Waals surface area contributed by atoms with Crippen molar-refractivity contribution in [3.63, 3.8) is 0 Å². The van der Waals surface area contributed by atoms with E-state index in [1.54, 1.807) is 0 Å².